The normalized spacial score (nSPS) is 13.6. The Balaban J connectivity index is 0.00000261. The smallest absolute Gasteiger partial charge is 0.298 e. The molecule has 1 aliphatic heterocycles. The van der Waals surface area contributed by atoms with Gasteiger partial charge in [0, 0.05) is 6.54 Å². The first-order valence-electron chi connectivity index (χ1n) is 8.74. The van der Waals surface area contributed by atoms with E-state index in [1.54, 1.807) is 16.2 Å². The second-order valence-electron chi connectivity index (χ2n) is 6.74. The van der Waals surface area contributed by atoms with Gasteiger partial charge in [0.25, 0.3) is 5.91 Å². The van der Waals surface area contributed by atoms with E-state index in [0.717, 1.165) is 28.7 Å². The van der Waals surface area contributed by atoms with Crippen molar-refractivity contribution < 1.29 is 14.3 Å². The molecular weight excluding hydrogens is 386 g/mol. The molecular formula is C19H26ClN3O3S. The van der Waals surface area contributed by atoms with Gasteiger partial charge in [0.05, 0.1) is 10.2 Å². The number of nitrogens with zero attached hydrogens (tertiary/aromatic N) is 3. The van der Waals surface area contributed by atoms with Crippen LogP contribution in [0.1, 0.15) is 17.5 Å². The van der Waals surface area contributed by atoms with Gasteiger partial charge in [0.2, 0.25) is 5.76 Å². The van der Waals surface area contributed by atoms with Gasteiger partial charge in [0.15, 0.2) is 5.13 Å². The standard InChI is InChI=1S/C19H25N3O3S.ClH/c1-13-10-14(2)17-16(11-13)26-19(20-17)22(7-5-6-21(3)4)18(23)15-12-24-8-9-25-15;/h10-12H,5-9H2,1-4H3;1H. The van der Waals surface area contributed by atoms with Crippen LogP contribution < -0.4 is 4.90 Å². The molecule has 0 unspecified atom stereocenters. The van der Waals surface area contributed by atoms with Crippen LogP contribution in [0.5, 0.6) is 0 Å². The first-order chi connectivity index (χ1) is 12.5. The summed E-state index contributed by atoms with van der Waals surface area (Å²) in [6.45, 7) is 6.46. The number of benzene rings is 1. The summed E-state index contributed by atoms with van der Waals surface area (Å²) in [6.07, 6.45) is 2.26. The van der Waals surface area contributed by atoms with Gasteiger partial charge in [-0.3, -0.25) is 9.69 Å². The molecule has 0 atom stereocenters. The molecule has 0 N–H and O–H groups in total. The van der Waals surface area contributed by atoms with E-state index in [1.165, 1.54) is 11.8 Å². The molecule has 2 aromatic rings. The van der Waals surface area contributed by atoms with Crippen LogP contribution in [0, 0.1) is 13.8 Å². The Morgan fingerprint density at radius 2 is 2.00 bits per heavy atom. The van der Waals surface area contributed by atoms with Gasteiger partial charge in [0.1, 0.15) is 19.5 Å². The van der Waals surface area contributed by atoms with Crippen molar-refractivity contribution in [2.45, 2.75) is 20.3 Å². The zero-order valence-corrected chi connectivity index (χ0v) is 17.8. The van der Waals surface area contributed by atoms with Crippen LogP contribution in [0.15, 0.2) is 24.2 Å². The highest BCUT2D eigenvalue weighted by atomic mass is 35.5. The maximum Gasteiger partial charge on any atom is 0.298 e. The van der Waals surface area contributed by atoms with Crippen LogP contribution in [-0.4, -0.2) is 56.2 Å². The summed E-state index contributed by atoms with van der Waals surface area (Å²) < 4.78 is 11.9. The predicted molar refractivity (Wildman–Crippen MR) is 112 cm³/mol. The van der Waals surface area contributed by atoms with Gasteiger partial charge in [-0.2, -0.15) is 0 Å². The van der Waals surface area contributed by atoms with Crippen LogP contribution in [-0.2, 0) is 14.3 Å². The van der Waals surface area contributed by atoms with Gasteiger partial charge < -0.3 is 14.4 Å². The molecule has 8 heteroatoms. The van der Waals surface area contributed by atoms with Crippen molar-refractivity contribution in [1.29, 1.82) is 0 Å². The molecule has 1 aliphatic rings. The summed E-state index contributed by atoms with van der Waals surface area (Å²) in [5.74, 6) is 0.0464. The lowest BCUT2D eigenvalue weighted by Gasteiger charge is -2.23. The van der Waals surface area contributed by atoms with Crippen molar-refractivity contribution in [3.8, 4) is 0 Å². The van der Waals surface area contributed by atoms with Crippen LogP contribution in [0.4, 0.5) is 5.13 Å². The molecule has 0 bridgehead atoms. The van der Waals surface area contributed by atoms with Crippen molar-refractivity contribution in [2.75, 3.05) is 45.3 Å². The van der Waals surface area contributed by atoms with E-state index in [0.29, 0.717) is 24.9 Å². The third-order valence-corrected chi connectivity index (χ3v) is 5.17. The highest BCUT2D eigenvalue weighted by Gasteiger charge is 2.26. The van der Waals surface area contributed by atoms with Crippen molar-refractivity contribution in [1.82, 2.24) is 9.88 Å². The number of anilines is 1. The SMILES string of the molecule is Cc1cc(C)c2nc(N(CCCN(C)C)C(=O)C3=COCCO3)sc2c1.Cl. The molecule has 1 aromatic carbocycles. The van der Waals surface area contributed by atoms with Gasteiger partial charge >= 0.3 is 0 Å². The minimum atomic E-state index is -0.197. The summed E-state index contributed by atoms with van der Waals surface area (Å²) in [4.78, 5) is 21.6. The Bertz CT molecular complexity index is 835. The fourth-order valence-corrected chi connectivity index (χ4v) is 4.08. The highest BCUT2D eigenvalue weighted by Crippen LogP contribution is 2.32. The number of fused-ring (bicyclic) bond motifs is 1. The number of aromatic nitrogens is 1. The predicted octanol–water partition coefficient (Wildman–Crippen LogP) is 3.51. The largest absolute Gasteiger partial charge is 0.494 e. The number of halogens is 1. The minimum Gasteiger partial charge on any atom is -0.494 e. The quantitative estimate of drug-likeness (QED) is 0.728. The second-order valence-corrected chi connectivity index (χ2v) is 7.75. The fraction of sp³-hybridized carbons (Fsp3) is 0.474. The van der Waals surface area contributed by atoms with E-state index in [1.807, 2.05) is 14.1 Å². The number of carbonyl (C=O) groups excluding carboxylic acids is 1. The van der Waals surface area contributed by atoms with Crippen molar-refractivity contribution in [3.05, 3.63) is 35.3 Å². The lowest BCUT2D eigenvalue weighted by atomic mass is 10.1. The van der Waals surface area contributed by atoms with Crippen molar-refractivity contribution in [2.24, 2.45) is 0 Å². The number of thiazole rings is 1. The number of hydrogen-bond donors (Lipinski definition) is 0. The van der Waals surface area contributed by atoms with Gasteiger partial charge in [-0.25, -0.2) is 4.98 Å². The number of hydrogen-bond acceptors (Lipinski definition) is 6. The molecule has 2 heterocycles. The van der Waals surface area contributed by atoms with E-state index in [-0.39, 0.29) is 24.1 Å². The Morgan fingerprint density at radius 3 is 2.67 bits per heavy atom. The van der Waals surface area contributed by atoms with Gasteiger partial charge in [-0.05, 0) is 58.1 Å². The number of aryl methyl sites for hydroxylation is 2. The first-order valence-corrected chi connectivity index (χ1v) is 9.56. The summed E-state index contributed by atoms with van der Waals surface area (Å²) >= 11 is 1.54. The Labute approximate surface area is 170 Å². The average molecular weight is 412 g/mol. The summed E-state index contributed by atoms with van der Waals surface area (Å²) in [5.41, 5.74) is 3.28. The van der Waals surface area contributed by atoms with E-state index < -0.39 is 0 Å². The first kappa shape index (κ1) is 21.5. The number of carbonyl (C=O) groups is 1. The van der Waals surface area contributed by atoms with E-state index in [4.69, 9.17) is 14.5 Å². The number of rotatable bonds is 6. The topological polar surface area (TPSA) is 54.9 Å². The number of ether oxygens (including phenoxy) is 2. The van der Waals surface area contributed by atoms with Crippen LogP contribution >= 0.6 is 23.7 Å². The third kappa shape index (κ3) is 5.12. The zero-order chi connectivity index (χ0) is 18.7. The molecule has 148 valence electrons. The van der Waals surface area contributed by atoms with E-state index in [2.05, 4.69) is 30.9 Å². The maximum atomic E-state index is 13.0. The maximum absolute atomic E-state index is 13.0. The minimum absolute atomic E-state index is 0. The molecule has 0 saturated carbocycles. The third-order valence-electron chi connectivity index (χ3n) is 4.14. The molecule has 0 radical (unpaired) electrons. The second kappa shape index (κ2) is 9.39. The Morgan fingerprint density at radius 1 is 1.22 bits per heavy atom. The molecule has 27 heavy (non-hydrogen) atoms. The van der Waals surface area contributed by atoms with Crippen molar-refractivity contribution >= 4 is 45.0 Å². The highest BCUT2D eigenvalue weighted by molar-refractivity contribution is 7.22. The average Bonchev–Trinajstić information content (AvgIpc) is 3.02. The van der Waals surface area contributed by atoms with Gasteiger partial charge in [-0.15, -0.1) is 12.4 Å². The van der Waals surface area contributed by atoms with E-state index in [9.17, 15) is 4.79 Å². The molecule has 6 nitrogen and oxygen atoms in total. The monoisotopic (exact) mass is 411 g/mol. The summed E-state index contributed by atoms with van der Waals surface area (Å²) in [6, 6.07) is 4.23. The Kier molecular flexibility index (Phi) is 7.47. The lowest BCUT2D eigenvalue weighted by Crippen LogP contribution is -2.36. The molecule has 0 aliphatic carbocycles. The molecule has 1 aromatic heterocycles. The molecule has 0 fully saturated rings. The fourth-order valence-electron chi connectivity index (χ4n) is 2.92. The van der Waals surface area contributed by atoms with Crippen LogP contribution in [0.2, 0.25) is 0 Å². The zero-order valence-electron chi connectivity index (χ0n) is 16.2. The van der Waals surface area contributed by atoms with Gasteiger partial charge in [-0.1, -0.05) is 17.4 Å². The Hall–Kier alpha value is -1.83. The van der Waals surface area contributed by atoms with Crippen molar-refractivity contribution in [3.63, 3.8) is 0 Å². The lowest BCUT2D eigenvalue weighted by molar-refractivity contribution is -0.119. The number of amides is 1. The van der Waals surface area contributed by atoms with Crippen LogP contribution in [0.25, 0.3) is 10.2 Å². The summed E-state index contributed by atoms with van der Waals surface area (Å²) in [7, 11) is 4.05. The molecule has 0 spiro atoms. The molecule has 1 amide bonds. The van der Waals surface area contributed by atoms with E-state index >= 15 is 0 Å². The van der Waals surface area contributed by atoms with Crippen LogP contribution in [0.3, 0.4) is 0 Å². The molecule has 3 rings (SSSR count). The summed E-state index contributed by atoms with van der Waals surface area (Å²) in [5, 5.41) is 0.701. The molecule has 0 saturated heterocycles.